The number of fused-ring (bicyclic) bond motifs is 1. The van der Waals surface area contributed by atoms with Gasteiger partial charge in [0.25, 0.3) is 0 Å². The van der Waals surface area contributed by atoms with Crippen LogP contribution in [-0.4, -0.2) is 43.5 Å². The molecule has 0 aliphatic carbocycles. The van der Waals surface area contributed by atoms with E-state index in [2.05, 4.69) is 9.97 Å². The summed E-state index contributed by atoms with van der Waals surface area (Å²) >= 11 is 0. The number of rotatable bonds is 3. The van der Waals surface area contributed by atoms with Gasteiger partial charge in [-0.1, -0.05) is 6.92 Å². The van der Waals surface area contributed by atoms with Crippen LogP contribution in [0.15, 0.2) is 24.4 Å². The second-order valence-corrected chi connectivity index (χ2v) is 9.07. The number of benzene rings is 1. The van der Waals surface area contributed by atoms with E-state index in [4.69, 9.17) is 10.5 Å². The van der Waals surface area contributed by atoms with Gasteiger partial charge in [-0.15, -0.1) is 0 Å². The number of aromatic hydroxyl groups is 1. The molecule has 1 aliphatic heterocycles. The molecule has 1 aromatic carbocycles. The minimum atomic E-state index is -4.69. The second-order valence-electron chi connectivity index (χ2n) is 9.07. The Labute approximate surface area is 193 Å². The third-order valence-corrected chi connectivity index (χ3v) is 5.47. The molecule has 1 aliphatic rings. The average molecular weight is 482 g/mol. The summed E-state index contributed by atoms with van der Waals surface area (Å²) < 4.78 is 45.6. The lowest BCUT2D eigenvalue weighted by atomic mass is 9.80. The number of hydrogen-bond acceptors (Lipinski definition) is 7. The highest BCUT2D eigenvalue weighted by molar-refractivity contribution is 5.91. The van der Waals surface area contributed by atoms with Crippen LogP contribution in [0, 0.1) is 0 Å². The Kier molecular flexibility index (Phi) is 6.25. The number of aromatic nitrogens is 2. The van der Waals surface area contributed by atoms with Gasteiger partial charge in [0.05, 0.1) is 17.4 Å². The fraction of sp³-hybridized carbons (Fsp3) is 0.455. The van der Waals surface area contributed by atoms with Crippen molar-refractivity contribution in [2.45, 2.75) is 63.9 Å². The van der Waals surface area contributed by atoms with Gasteiger partial charge in [0.2, 0.25) is 0 Å². The zero-order valence-electron chi connectivity index (χ0n) is 19.0. The van der Waals surface area contributed by atoms with Gasteiger partial charge in [-0.05, 0) is 57.4 Å². The van der Waals surface area contributed by atoms with Gasteiger partial charge in [0, 0.05) is 5.92 Å². The summed E-state index contributed by atoms with van der Waals surface area (Å²) in [6.07, 6.45) is -5.20. The van der Waals surface area contributed by atoms with E-state index in [1.165, 1.54) is 0 Å². The highest BCUT2D eigenvalue weighted by Gasteiger charge is 2.46. The Hall–Kier alpha value is -3.41. The lowest BCUT2D eigenvalue weighted by molar-refractivity contribution is -0.137. The van der Waals surface area contributed by atoms with Gasteiger partial charge in [0.1, 0.15) is 17.1 Å². The maximum Gasteiger partial charge on any atom is 0.416 e. The fourth-order valence-corrected chi connectivity index (χ4v) is 3.87. The number of carbonyl (C=O) groups is 2. The van der Waals surface area contributed by atoms with E-state index in [9.17, 15) is 33.0 Å². The Morgan fingerprint density at radius 1 is 1.29 bits per heavy atom. The molecule has 184 valence electrons. The van der Waals surface area contributed by atoms with Crippen LogP contribution in [0.4, 0.5) is 23.7 Å². The first-order chi connectivity index (χ1) is 15.6. The van der Waals surface area contributed by atoms with Crippen molar-refractivity contribution in [1.29, 1.82) is 0 Å². The number of alkyl halides is 3. The van der Waals surface area contributed by atoms with Crippen LogP contribution >= 0.6 is 0 Å². The van der Waals surface area contributed by atoms with E-state index in [-0.39, 0.29) is 29.9 Å². The SMILES string of the molecule is CC[C@]1(N)C[C@H](c2ncc(O)c(C(=O)OC(C)(C)C)n2)c2cc(C(F)(F)F)ccc2N1C(=O)O. The predicted molar refractivity (Wildman–Crippen MR) is 114 cm³/mol. The number of esters is 1. The van der Waals surface area contributed by atoms with Gasteiger partial charge in [-0.3, -0.25) is 4.90 Å². The van der Waals surface area contributed by atoms with Crippen LogP contribution < -0.4 is 10.6 Å². The van der Waals surface area contributed by atoms with Gasteiger partial charge in [-0.2, -0.15) is 13.2 Å². The topological polar surface area (TPSA) is 139 Å². The maximum atomic E-state index is 13.5. The summed E-state index contributed by atoms with van der Waals surface area (Å²) in [7, 11) is 0. The number of nitrogens with zero attached hydrogens (tertiary/aromatic N) is 3. The third-order valence-electron chi connectivity index (χ3n) is 5.47. The van der Waals surface area contributed by atoms with Crippen LogP contribution in [0.25, 0.3) is 0 Å². The van der Waals surface area contributed by atoms with Crippen molar-refractivity contribution < 1.29 is 37.7 Å². The number of carbonyl (C=O) groups excluding carboxylic acids is 1. The fourth-order valence-electron chi connectivity index (χ4n) is 3.87. The first kappa shape index (κ1) is 25.2. The zero-order chi connectivity index (χ0) is 25.6. The highest BCUT2D eigenvalue weighted by atomic mass is 19.4. The molecule has 0 radical (unpaired) electrons. The second kappa shape index (κ2) is 8.42. The largest absolute Gasteiger partial charge is 0.504 e. The number of nitrogens with two attached hydrogens (primary N) is 1. The number of amides is 1. The Morgan fingerprint density at radius 2 is 1.94 bits per heavy atom. The summed E-state index contributed by atoms with van der Waals surface area (Å²) in [5, 5.41) is 19.9. The van der Waals surface area contributed by atoms with Crippen molar-refractivity contribution in [2.75, 3.05) is 4.90 Å². The average Bonchev–Trinajstić information content (AvgIpc) is 2.70. The van der Waals surface area contributed by atoms with Crippen LogP contribution in [0.1, 0.15) is 73.9 Å². The van der Waals surface area contributed by atoms with E-state index in [1.807, 2.05) is 0 Å². The molecule has 0 spiro atoms. The van der Waals surface area contributed by atoms with Crippen molar-refractivity contribution in [3.63, 3.8) is 0 Å². The van der Waals surface area contributed by atoms with Gasteiger partial charge < -0.3 is 20.7 Å². The molecule has 0 bridgehead atoms. The lowest BCUT2D eigenvalue weighted by Gasteiger charge is -2.46. The molecule has 0 fully saturated rings. The van der Waals surface area contributed by atoms with Crippen LogP contribution in [-0.2, 0) is 10.9 Å². The van der Waals surface area contributed by atoms with Crippen LogP contribution in [0.3, 0.4) is 0 Å². The lowest BCUT2D eigenvalue weighted by Crippen LogP contribution is -2.61. The maximum absolute atomic E-state index is 13.5. The molecule has 1 aromatic heterocycles. The van der Waals surface area contributed by atoms with E-state index >= 15 is 0 Å². The summed E-state index contributed by atoms with van der Waals surface area (Å²) in [6.45, 7) is 6.49. The molecule has 4 N–H and O–H groups in total. The summed E-state index contributed by atoms with van der Waals surface area (Å²) in [6, 6.07) is 2.65. The molecule has 1 amide bonds. The normalized spacial score (nSPS) is 20.6. The van der Waals surface area contributed by atoms with Gasteiger partial charge in [0.15, 0.2) is 11.4 Å². The monoisotopic (exact) mass is 482 g/mol. The Morgan fingerprint density at radius 3 is 2.47 bits per heavy atom. The van der Waals surface area contributed by atoms with Crippen LogP contribution in [0.5, 0.6) is 5.75 Å². The smallest absolute Gasteiger partial charge is 0.416 e. The quantitative estimate of drug-likeness (QED) is 0.552. The molecular weight excluding hydrogens is 457 g/mol. The molecule has 0 saturated carbocycles. The first-order valence-electron chi connectivity index (χ1n) is 10.4. The predicted octanol–water partition coefficient (Wildman–Crippen LogP) is 4.24. The molecule has 2 heterocycles. The van der Waals surface area contributed by atoms with Crippen molar-refractivity contribution in [2.24, 2.45) is 5.73 Å². The molecule has 0 unspecified atom stereocenters. The highest BCUT2D eigenvalue weighted by Crippen LogP contribution is 2.47. The van der Waals surface area contributed by atoms with Crippen molar-refractivity contribution >= 4 is 17.7 Å². The van der Waals surface area contributed by atoms with Crippen LogP contribution in [0.2, 0.25) is 0 Å². The molecule has 9 nitrogen and oxygen atoms in total. The Bertz CT molecular complexity index is 1130. The molecule has 2 atom stereocenters. The molecule has 3 rings (SSSR count). The first-order valence-corrected chi connectivity index (χ1v) is 10.4. The summed E-state index contributed by atoms with van der Waals surface area (Å²) in [5.41, 5.74) is 2.50. The van der Waals surface area contributed by atoms with E-state index < -0.39 is 52.4 Å². The van der Waals surface area contributed by atoms with Gasteiger partial charge >= 0.3 is 18.2 Å². The minimum Gasteiger partial charge on any atom is -0.504 e. The standard InChI is InChI=1S/C22H25F3N4O5/c1-5-21(26)9-13(17-27-10-15(30)16(28-17)18(31)34-20(2,3)4)12-8-11(22(23,24)25)6-7-14(12)29(21)19(32)33/h6-8,10,13,30H,5,9,26H2,1-4H3,(H,32,33)/t13-,21+/m0/s1. The van der Waals surface area contributed by atoms with Gasteiger partial charge in [-0.25, -0.2) is 19.6 Å². The summed E-state index contributed by atoms with van der Waals surface area (Å²) in [5.74, 6) is -2.62. The van der Waals surface area contributed by atoms with Crippen molar-refractivity contribution in [3.8, 4) is 5.75 Å². The summed E-state index contributed by atoms with van der Waals surface area (Å²) in [4.78, 5) is 33.5. The number of carboxylic acid groups (broad SMARTS) is 1. The third kappa shape index (κ3) is 4.76. The molecule has 2 aromatic rings. The van der Waals surface area contributed by atoms with Crippen molar-refractivity contribution in [1.82, 2.24) is 9.97 Å². The zero-order valence-corrected chi connectivity index (χ0v) is 19.0. The molecular formula is C22H25F3N4O5. The molecule has 12 heteroatoms. The number of halogens is 3. The molecule has 0 saturated heterocycles. The number of hydrogen-bond donors (Lipinski definition) is 3. The van der Waals surface area contributed by atoms with E-state index in [0.717, 1.165) is 29.3 Å². The van der Waals surface area contributed by atoms with Crippen molar-refractivity contribution in [3.05, 3.63) is 47.0 Å². The number of ether oxygens (including phenoxy) is 1. The molecule has 34 heavy (non-hydrogen) atoms. The Balaban J connectivity index is 2.22. The van der Waals surface area contributed by atoms with E-state index in [0.29, 0.717) is 0 Å². The minimum absolute atomic E-state index is 0.0208. The number of anilines is 1. The van der Waals surface area contributed by atoms with E-state index in [1.54, 1.807) is 27.7 Å².